The highest BCUT2D eigenvalue weighted by molar-refractivity contribution is 6.31. The van der Waals surface area contributed by atoms with Gasteiger partial charge < -0.3 is 5.11 Å². The summed E-state index contributed by atoms with van der Waals surface area (Å²) in [5, 5.41) is 20.6. The van der Waals surface area contributed by atoms with Gasteiger partial charge in [0.1, 0.15) is 23.1 Å². The van der Waals surface area contributed by atoms with Crippen LogP contribution in [0.5, 0.6) is 0 Å². The number of nitrogens with zero attached hydrogens (tertiary/aromatic N) is 2. The van der Waals surface area contributed by atoms with E-state index in [1.54, 1.807) is 11.8 Å². The lowest BCUT2D eigenvalue weighted by molar-refractivity contribution is -0.142. The van der Waals surface area contributed by atoms with E-state index >= 15 is 8.78 Å². The van der Waals surface area contributed by atoms with Gasteiger partial charge in [0.25, 0.3) is 0 Å². The number of hydrogen-bond donors (Lipinski definition) is 1. The minimum atomic E-state index is -1.72. The first-order valence-electron chi connectivity index (χ1n) is 9.98. The van der Waals surface area contributed by atoms with Gasteiger partial charge in [0.2, 0.25) is 0 Å². The van der Waals surface area contributed by atoms with Crippen molar-refractivity contribution in [2.45, 2.75) is 44.2 Å². The fraction of sp³-hybridized carbons (Fsp3) is 0.333. The zero-order valence-electron chi connectivity index (χ0n) is 17.7. The maximum Gasteiger partial charge on any atom is 0.321 e. The van der Waals surface area contributed by atoms with Crippen LogP contribution in [0.1, 0.15) is 37.8 Å². The number of allylic oxidation sites excluding steroid dienone is 1. The maximum atomic E-state index is 15.2. The van der Waals surface area contributed by atoms with E-state index in [4.69, 9.17) is 23.2 Å². The molecule has 4 atom stereocenters. The lowest BCUT2D eigenvalue weighted by atomic mass is 9.65. The van der Waals surface area contributed by atoms with Gasteiger partial charge in [-0.3, -0.25) is 9.69 Å². The third-order valence-corrected chi connectivity index (χ3v) is 6.69. The highest BCUT2D eigenvalue weighted by Gasteiger charge is 2.63. The molecule has 1 fully saturated rings. The monoisotopic (exact) mass is 478 g/mol. The number of likely N-dealkylation sites (tertiary alicyclic amines) is 1. The molecule has 1 aliphatic heterocycles. The third-order valence-electron chi connectivity index (χ3n) is 6.16. The topological polar surface area (TPSA) is 64.3 Å². The van der Waals surface area contributed by atoms with Crippen molar-refractivity contribution in [3.63, 3.8) is 0 Å². The summed E-state index contributed by atoms with van der Waals surface area (Å²) in [5.41, 5.74) is -0.864. The molecule has 168 valence electrons. The Labute approximate surface area is 195 Å². The van der Waals surface area contributed by atoms with Crippen LogP contribution in [0.3, 0.4) is 0 Å². The zero-order chi connectivity index (χ0) is 23.8. The summed E-state index contributed by atoms with van der Waals surface area (Å²) >= 11 is 11.9. The smallest absolute Gasteiger partial charge is 0.321 e. The molecular formula is C24H22Cl2F2N2O2. The molecule has 1 N–H and O–H groups in total. The first-order valence-corrected chi connectivity index (χ1v) is 10.7. The van der Waals surface area contributed by atoms with Crippen LogP contribution in [0.25, 0.3) is 0 Å². The minimum absolute atomic E-state index is 0.0350. The Kier molecular flexibility index (Phi) is 6.94. The van der Waals surface area contributed by atoms with Crippen LogP contribution in [-0.2, 0) is 10.2 Å². The standard InChI is InChI=1S/C24H22Cl2F2N2O2/c1-13(2)9-10-30-14(3)24(12-29,17-8-7-15(25)11-19(17)27)20(22(30)23(31)32)16-5-4-6-18(26)21(16)28/h4-9,11,14,20,22H,10H2,1-3H3,(H,31,32)/t14-,20+,22-,24-/m1/s1. The Bertz CT molecular complexity index is 1130. The van der Waals surface area contributed by atoms with Crippen molar-refractivity contribution in [2.75, 3.05) is 6.54 Å². The highest BCUT2D eigenvalue weighted by Crippen LogP contribution is 2.54. The molecule has 0 unspecified atom stereocenters. The van der Waals surface area contributed by atoms with E-state index in [-0.39, 0.29) is 27.7 Å². The van der Waals surface area contributed by atoms with Crippen molar-refractivity contribution >= 4 is 29.2 Å². The summed E-state index contributed by atoms with van der Waals surface area (Å²) in [7, 11) is 0. The maximum absolute atomic E-state index is 15.2. The fourth-order valence-electron chi connectivity index (χ4n) is 4.66. The van der Waals surface area contributed by atoms with Crippen LogP contribution in [0.15, 0.2) is 48.0 Å². The number of rotatable bonds is 5. The van der Waals surface area contributed by atoms with E-state index in [9.17, 15) is 15.2 Å². The van der Waals surface area contributed by atoms with Gasteiger partial charge in [0.05, 0.1) is 11.1 Å². The molecule has 0 saturated carbocycles. The molecule has 0 aliphatic carbocycles. The lowest BCUT2D eigenvalue weighted by Gasteiger charge is -2.34. The molecule has 1 aliphatic rings. The Morgan fingerprint density at radius 3 is 2.53 bits per heavy atom. The number of carbonyl (C=O) groups is 1. The minimum Gasteiger partial charge on any atom is -0.480 e. The molecule has 1 saturated heterocycles. The van der Waals surface area contributed by atoms with Crippen LogP contribution < -0.4 is 0 Å². The first kappa shape index (κ1) is 24.2. The molecular weight excluding hydrogens is 457 g/mol. The van der Waals surface area contributed by atoms with E-state index < -0.39 is 41.0 Å². The van der Waals surface area contributed by atoms with Gasteiger partial charge in [-0.2, -0.15) is 5.26 Å². The number of carboxylic acid groups (broad SMARTS) is 1. The number of benzene rings is 2. The SMILES string of the molecule is CC(C)=CCN1[C@@H](C(=O)O)[C@H](c2cccc(Cl)c2F)[C@@](C#N)(c2ccc(Cl)cc2F)[C@H]1C. The molecule has 3 rings (SSSR count). The summed E-state index contributed by atoms with van der Waals surface area (Å²) in [6, 6.07) is 8.22. The quantitative estimate of drug-likeness (QED) is 0.540. The molecule has 2 aromatic carbocycles. The van der Waals surface area contributed by atoms with Crippen molar-refractivity contribution in [3.05, 3.63) is 80.9 Å². The Morgan fingerprint density at radius 2 is 1.97 bits per heavy atom. The van der Waals surface area contributed by atoms with Crippen LogP contribution in [0.2, 0.25) is 10.0 Å². The van der Waals surface area contributed by atoms with Crippen molar-refractivity contribution in [2.24, 2.45) is 0 Å². The van der Waals surface area contributed by atoms with Gasteiger partial charge in [-0.1, -0.05) is 53.1 Å². The van der Waals surface area contributed by atoms with Crippen molar-refractivity contribution in [3.8, 4) is 6.07 Å². The van der Waals surface area contributed by atoms with Crippen LogP contribution >= 0.6 is 23.2 Å². The summed E-state index contributed by atoms with van der Waals surface area (Å²) in [6.07, 6.45) is 1.82. The number of carboxylic acids is 1. The highest BCUT2D eigenvalue weighted by atomic mass is 35.5. The molecule has 32 heavy (non-hydrogen) atoms. The third kappa shape index (κ3) is 3.90. The van der Waals surface area contributed by atoms with Crippen molar-refractivity contribution in [1.82, 2.24) is 4.90 Å². The predicted octanol–water partition coefficient (Wildman–Crippen LogP) is 5.94. The number of hydrogen-bond acceptors (Lipinski definition) is 3. The van der Waals surface area contributed by atoms with Gasteiger partial charge in [-0.25, -0.2) is 8.78 Å². The van der Waals surface area contributed by atoms with Crippen LogP contribution in [-0.4, -0.2) is 34.6 Å². The van der Waals surface area contributed by atoms with Gasteiger partial charge in [-0.15, -0.1) is 0 Å². The molecule has 0 radical (unpaired) electrons. The predicted molar refractivity (Wildman–Crippen MR) is 120 cm³/mol. The van der Waals surface area contributed by atoms with E-state index in [0.29, 0.717) is 0 Å². The Morgan fingerprint density at radius 1 is 1.28 bits per heavy atom. The van der Waals surface area contributed by atoms with Crippen LogP contribution in [0.4, 0.5) is 8.78 Å². The zero-order valence-corrected chi connectivity index (χ0v) is 19.3. The summed E-state index contributed by atoms with van der Waals surface area (Å²) in [6.45, 7) is 5.58. The van der Waals surface area contributed by atoms with Crippen LogP contribution in [0, 0.1) is 23.0 Å². The average Bonchev–Trinajstić information content (AvgIpc) is 2.97. The van der Waals surface area contributed by atoms with E-state index in [1.807, 2.05) is 19.9 Å². The average molecular weight is 479 g/mol. The van der Waals surface area contributed by atoms with Gasteiger partial charge >= 0.3 is 5.97 Å². The van der Waals surface area contributed by atoms with Gasteiger partial charge in [0.15, 0.2) is 0 Å². The van der Waals surface area contributed by atoms with Gasteiger partial charge in [0, 0.05) is 29.1 Å². The van der Waals surface area contributed by atoms with Crippen molar-refractivity contribution in [1.29, 1.82) is 5.26 Å². The van der Waals surface area contributed by atoms with E-state index in [2.05, 4.69) is 6.07 Å². The van der Waals surface area contributed by atoms with Crippen molar-refractivity contribution < 1.29 is 18.7 Å². The number of aliphatic carboxylic acids is 1. The Hall–Kier alpha value is -2.46. The largest absolute Gasteiger partial charge is 0.480 e. The Balaban J connectivity index is 2.39. The number of nitriles is 1. The summed E-state index contributed by atoms with van der Waals surface area (Å²) < 4.78 is 30.5. The molecule has 1 heterocycles. The normalized spacial score (nSPS) is 25.4. The molecule has 0 aromatic heterocycles. The van der Waals surface area contributed by atoms with E-state index in [0.717, 1.165) is 11.6 Å². The summed E-state index contributed by atoms with van der Waals surface area (Å²) in [5.74, 6) is -4.06. The fourth-order valence-corrected chi connectivity index (χ4v) is 5.00. The lowest BCUT2D eigenvalue weighted by Crippen LogP contribution is -2.43. The molecule has 4 nitrogen and oxygen atoms in total. The first-order chi connectivity index (χ1) is 15.1. The second-order valence-corrected chi connectivity index (χ2v) is 9.01. The molecule has 0 spiro atoms. The molecule has 0 bridgehead atoms. The molecule has 0 amide bonds. The summed E-state index contributed by atoms with van der Waals surface area (Å²) in [4.78, 5) is 14.1. The van der Waals surface area contributed by atoms with E-state index in [1.165, 1.54) is 30.3 Å². The second-order valence-electron chi connectivity index (χ2n) is 8.16. The van der Waals surface area contributed by atoms with Gasteiger partial charge in [-0.05, 0) is 44.5 Å². The second kappa shape index (κ2) is 9.19. The molecule has 2 aromatic rings. The number of halogens is 4. The molecule has 8 heteroatoms.